The fourth-order valence-electron chi connectivity index (χ4n) is 1.32. The van der Waals surface area contributed by atoms with Crippen LogP contribution in [0.2, 0.25) is 4.34 Å². The van der Waals surface area contributed by atoms with Gasteiger partial charge in [-0.05, 0) is 29.8 Å². The molecule has 1 aromatic heterocycles. The van der Waals surface area contributed by atoms with E-state index in [0.717, 1.165) is 23.7 Å². The molecule has 1 aromatic carbocycles. The van der Waals surface area contributed by atoms with Gasteiger partial charge in [-0.15, -0.1) is 22.9 Å². The quantitative estimate of drug-likeness (QED) is 0.522. The highest BCUT2D eigenvalue weighted by Crippen LogP contribution is 2.39. The van der Waals surface area contributed by atoms with Gasteiger partial charge in [-0.1, -0.05) is 49.5 Å². The molecule has 16 heavy (non-hydrogen) atoms. The molecule has 0 saturated carbocycles. The number of thiophene rings is 1. The van der Waals surface area contributed by atoms with E-state index in [2.05, 4.69) is 31.9 Å². The van der Waals surface area contributed by atoms with Crippen LogP contribution in [0, 0.1) is 0 Å². The van der Waals surface area contributed by atoms with Gasteiger partial charge in [0.2, 0.25) is 0 Å². The average molecular weight is 401 g/mol. The summed E-state index contributed by atoms with van der Waals surface area (Å²) in [5.41, 5.74) is 1.04. The van der Waals surface area contributed by atoms with Gasteiger partial charge in [0.1, 0.15) is 0 Å². The maximum atomic E-state index is 6.41. The lowest BCUT2D eigenvalue weighted by Gasteiger charge is -2.10. The zero-order valence-corrected chi connectivity index (χ0v) is 13.4. The van der Waals surface area contributed by atoms with E-state index >= 15 is 0 Å². The van der Waals surface area contributed by atoms with Crippen molar-refractivity contribution in [3.63, 3.8) is 0 Å². The molecule has 0 aliphatic carbocycles. The smallest absolute Gasteiger partial charge is 0.0939 e. The maximum Gasteiger partial charge on any atom is 0.0939 e. The summed E-state index contributed by atoms with van der Waals surface area (Å²) in [6.07, 6.45) is 0. The predicted molar refractivity (Wildman–Crippen MR) is 78.9 cm³/mol. The summed E-state index contributed by atoms with van der Waals surface area (Å²) in [4.78, 5) is 1.05. The van der Waals surface area contributed by atoms with E-state index in [1.54, 1.807) is 0 Å². The van der Waals surface area contributed by atoms with Crippen molar-refractivity contribution in [1.29, 1.82) is 0 Å². The van der Waals surface area contributed by atoms with Gasteiger partial charge in [0.05, 0.1) is 9.71 Å². The number of alkyl halides is 1. The zero-order valence-electron chi connectivity index (χ0n) is 7.88. The summed E-state index contributed by atoms with van der Waals surface area (Å²) < 4.78 is 2.77. The van der Waals surface area contributed by atoms with E-state index in [4.69, 9.17) is 23.2 Å². The molecular formula is C11H6Br2Cl2S. The van der Waals surface area contributed by atoms with Gasteiger partial charge < -0.3 is 0 Å². The molecule has 0 aliphatic rings. The molecule has 84 valence electrons. The van der Waals surface area contributed by atoms with Crippen LogP contribution in [0.4, 0.5) is 0 Å². The molecule has 0 saturated heterocycles. The summed E-state index contributed by atoms with van der Waals surface area (Å²) in [5.74, 6) is 0. The highest BCUT2D eigenvalue weighted by atomic mass is 79.9. The Morgan fingerprint density at radius 1 is 1.12 bits per heavy atom. The van der Waals surface area contributed by atoms with Crippen LogP contribution in [0.25, 0.3) is 0 Å². The first-order chi connectivity index (χ1) is 7.58. The van der Waals surface area contributed by atoms with Gasteiger partial charge in [0.15, 0.2) is 0 Å². The SMILES string of the molecule is Clc1ccc(C(Cl)c2ccc(Br)cc2Br)s1. The van der Waals surface area contributed by atoms with E-state index in [9.17, 15) is 0 Å². The number of halogens is 4. The molecule has 0 bridgehead atoms. The highest BCUT2D eigenvalue weighted by molar-refractivity contribution is 9.11. The first-order valence-electron chi connectivity index (χ1n) is 4.42. The Morgan fingerprint density at radius 3 is 2.44 bits per heavy atom. The molecule has 0 fully saturated rings. The van der Waals surface area contributed by atoms with Gasteiger partial charge in [0, 0.05) is 13.8 Å². The highest BCUT2D eigenvalue weighted by Gasteiger charge is 2.15. The van der Waals surface area contributed by atoms with Crippen molar-refractivity contribution in [3.05, 3.63) is 54.1 Å². The number of hydrogen-bond donors (Lipinski definition) is 0. The lowest BCUT2D eigenvalue weighted by atomic mass is 10.1. The molecular weight excluding hydrogens is 395 g/mol. The van der Waals surface area contributed by atoms with Crippen LogP contribution in [0.15, 0.2) is 39.3 Å². The number of rotatable bonds is 2. The second kappa shape index (κ2) is 5.40. The number of hydrogen-bond acceptors (Lipinski definition) is 1. The lowest BCUT2D eigenvalue weighted by Crippen LogP contribution is -1.91. The van der Waals surface area contributed by atoms with Crippen molar-refractivity contribution < 1.29 is 0 Å². The summed E-state index contributed by atoms with van der Waals surface area (Å²) in [5, 5.41) is -0.167. The third-order valence-electron chi connectivity index (χ3n) is 2.08. The van der Waals surface area contributed by atoms with Crippen LogP contribution < -0.4 is 0 Å². The summed E-state index contributed by atoms with van der Waals surface area (Å²) in [6.45, 7) is 0. The Balaban J connectivity index is 2.37. The van der Waals surface area contributed by atoms with Crippen LogP contribution in [0.3, 0.4) is 0 Å². The molecule has 2 rings (SSSR count). The van der Waals surface area contributed by atoms with Gasteiger partial charge >= 0.3 is 0 Å². The lowest BCUT2D eigenvalue weighted by molar-refractivity contribution is 1.17. The van der Waals surface area contributed by atoms with Crippen LogP contribution in [0.5, 0.6) is 0 Å². The van der Waals surface area contributed by atoms with E-state index in [1.807, 2.05) is 30.3 Å². The third kappa shape index (κ3) is 2.82. The van der Waals surface area contributed by atoms with Crippen LogP contribution in [0.1, 0.15) is 15.8 Å². The largest absolute Gasteiger partial charge is 0.127 e. The maximum absolute atomic E-state index is 6.41. The van der Waals surface area contributed by atoms with E-state index in [-0.39, 0.29) is 5.38 Å². The molecule has 1 heterocycles. The monoisotopic (exact) mass is 398 g/mol. The minimum Gasteiger partial charge on any atom is -0.127 e. The second-order valence-corrected chi connectivity index (χ2v) is 7.12. The third-order valence-corrected chi connectivity index (χ3v) is 5.15. The molecule has 1 unspecified atom stereocenters. The molecule has 0 aliphatic heterocycles. The second-order valence-electron chi connectivity index (χ2n) is 3.17. The molecule has 0 nitrogen and oxygen atoms in total. The molecule has 5 heteroatoms. The van der Waals surface area contributed by atoms with Crippen LogP contribution in [-0.4, -0.2) is 0 Å². The summed E-state index contributed by atoms with van der Waals surface area (Å²) >= 11 is 20.7. The Labute approximate surface area is 125 Å². The molecule has 0 radical (unpaired) electrons. The van der Waals surface area contributed by atoms with E-state index in [1.165, 1.54) is 11.3 Å². The Bertz CT molecular complexity index is 510. The standard InChI is InChI=1S/C11H6Br2Cl2S/c12-6-1-2-7(8(13)5-6)11(15)9-3-4-10(14)16-9/h1-5,11H. The van der Waals surface area contributed by atoms with E-state index < -0.39 is 0 Å². The van der Waals surface area contributed by atoms with Crippen molar-refractivity contribution in [2.24, 2.45) is 0 Å². The molecule has 0 amide bonds. The van der Waals surface area contributed by atoms with Gasteiger partial charge in [-0.25, -0.2) is 0 Å². The van der Waals surface area contributed by atoms with Crippen molar-refractivity contribution in [2.45, 2.75) is 5.38 Å². The Kier molecular flexibility index (Phi) is 4.36. The fraction of sp³-hybridized carbons (Fsp3) is 0.0909. The number of benzene rings is 1. The van der Waals surface area contributed by atoms with Crippen LogP contribution >= 0.6 is 66.4 Å². The zero-order chi connectivity index (χ0) is 11.7. The van der Waals surface area contributed by atoms with Crippen molar-refractivity contribution in [3.8, 4) is 0 Å². The summed E-state index contributed by atoms with van der Waals surface area (Å²) in [7, 11) is 0. The predicted octanol–water partition coefficient (Wildman–Crippen LogP) is 6.25. The topological polar surface area (TPSA) is 0 Å². The Hall–Kier alpha value is 0.460. The van der Waals surface area contributed by atoms with Crippen molar-refractivity contribution >= 4 is 66.4 Å². The minimum absolute atomic E-state index is 0.167. The molecule has 0 spiro atoms. The Morgan fingerprint density at radius 2 is 1.88 bits per heavy atom. The van der Waals surface area contributed by atoms with Gasteiger partial charge in [-0.3, -0.25) is 0 Å². The molecule has 2 aromatic rings. The van der Waals surface area contributed by atoms with Gasteiger partial charge in [0.25, 0.3) is 0 Å². The molecule has 0 N–H and O–H groups in total. The van der Waals surface area contributed by atoms with E-state index in [0.29, 0.717) is 0 Å². The average Bonchev–Trinajstić information content (AvgIpc) is 2.64. The van der Waals surface area contributed by atoms with Crippen molar-refractivity contribution in [2.75, 3.05) is 0 Å². The summed E-state index contributed by atoms with van der Waals surface area (Å²) in [6, 6.07) is 9.78. The normalized spacial score (nSPS) is 12.8. The van der Waals surface area contributed by atoms with Gasteiger partial charge in [-0.2, -0.15) is 0 Å². The fourth-order valence-corrected chi connectivity index (χ4v) is 4.19. The van der Waals surface area contributed by atoms with Crippen molar-refractivity contribution in [1.82, 2.24) is 0 Å². The minimum atomic E-state index is -0.167. The first kappa shape index (κ1) is 12.9. The first-order valence-corrected chi connectivity index (χ1v) is 7.64. The molecule has 1 atom stereocenters. The van der Waals surface area contributed by atoms with Crippen LogP contribution in [-0.2, 0) is 0 Å².